The summed E-state index contributed by atoms with van der Waals surface area (Å²) < 4.78 is 5.99. The van der Waals surface area contributed by atoms with E-state index < -0.39 is 12.1 Å². The van der Waals surface area contributed by atoms with Crippen LogP contribution in [-0.4, -0.2) is 35.9 Å². The summed E-state index contributed by atoms with van der Waals surface area (Å²) in [5.41, 5.74) is 0. The molecule has 3 N–H and O–H groups in total. The van der Waals surface area contributed by atoms with E-state index in [-0.39, 0.29) is 18.2 Å². The van der Waals surface area contributed by atoms with Crippen molar-refractivity contribution in [3.05, 3.63) is 21.3 Å². The maximum atomic E-state index is 11.8. The number of carbonyl (C=O) groups is 2. The minimum absolute atomic E-state index is 0.140. The number of hydrogen-bond donors (Lipinski definition) is 3. The van der Waals surface area contributed by atoms with Gasteiger partial charge < -0.3 is 20.5 Å². The molecule has 1 fully saturated rings. The average molecular weight is 333 g/mol. The number of rotatable bonds is 5. The lowest BCUT2D eigenvalue weighted by molar-refractivity contribution is -0.149. The number of hydrogen-bond acceptors (Lipinski definition) is 4. The fraction of sp³-hybridized carbons (Fsp3) is 0.538. The Bertz CT molecular complexity index is 522. The van der Waals surface area contributed by atoms with Crippen molar-refractivity contribution < 1.29 is 19.4 Å². The average Bonchev–Trinajstić information content (AvgIpc) is 3.05. The number of halogens is 1. The molecule has 2 amide bonds. The molecule has 2 heterocycles. The number of urea groups is 1. The lowest BCUT2D eigenvalue weighted by Gasteiger charge is -2.15. The van der Waals surface area contributed by atoms with Crippen LogP contribution in [0.3, 0.4) is 0 Å². The van der Waals surface area contributed by atoms with Crippen molar-refractivity contribution >= 4 is 34.9 Å². The first kappa shape index (κ1) is 16.1. The Kier molecular flexibility index (Phi) is 5.44. The highest BCUT2D eigenvalue weighted by Gasteiger charge is 2.30. The number of thiophene rings is 1. The third-order valence-electron chi connectivity index (χ3n) is 3.24. The summed E-state index contributed by atoms with van der Waals surface area (Å²) in [7, 11) is 0. The van der Waals surface area contributed by atoms with E-state index in [4.69, 9.17) is 21.4 Å². The van der Waals surface area contributed by atoms with Gasteiger partial charge in [-0.3, -0.25) is 0 Å². The molecule has 8 heteroatoms. The number of nitrogens with one attached hydrogen (secondary N) is 2. The Hall–Kier alpha value is -1.31. The molecule has 0 spiro atoms. The number of carboxylic acid groups (broad SMARTS) is 1. The van der Waals surface area contributed by atoms with E-state index in [2.05, 4.69) is 10.6 Å². The Morgan fingerprint density at radius 2 is 2.29 bits per heavy atom. The van der Waals surface area contributed by atoms with Crippen LogP contribution >= 0.6 is 22.9 Å². The molecule has 0 aliphatic carbocycles. The molecule has 21 heavy (non-hydrogen) atoms. The zero-order valence-corrected chi connectivity index (χ0v) is 13.0. The minimum Gasteiger partial charge on any atom is -0.479 e. The molecule has 0 bridgehead atoms. The second-order valence-electron chi connectivity index (χ2n) is 4.88. The van der Waals surface area contributed by atoms with E-state index in [0.29, 0.717) is 23.7 Å². The molecule has 2 rings (SSSR count). The topological polar surface area (TPSA) is 87.7 Å². The van der Waals surface area contributed by atoms with Crippen molar-refractivity contribution in [2.75, 3.05) is 6.54 Å². The van der Waals surface area contributed by atoms with Gasteiger partial charge in [-0.1, -0.05) is 11.6 Å². The molecule has 1 saturated heterocycles. The van der Waals surface area contributed by atoms with E-state index in [1.54, 1.807) is 6.07 Å². The highest BCUT2D eigenvalue weighted by molar-refractivity contribution is 7.16. The van der Waals surface area contributed by atoms with E-state index in [0.717, 1.165) is 4.88 Å². The minimum atomic E-state index is -0.954. The molecule has 0 aromatic carbocycles. The summed E-state index contributed by atoms with van der Waals surface area (Å²) in [4.78, 5) is 23.5. The second kappa shape index (κ2) is 7.11. The molecule has 116 valence electrons. The molecular formula is C13H17ClN2O4S. The van der Waals surface area contributed by atoms with Gasteiger partial charge in [-0.25, -0.2) is 9.59 Å². The van der Waals surface area contributed by atoms with Crippen LogP contribution in [0.25, 0.3) is 0 Å². The van der Waals surface area contributed by atoms with Crippen molar-refractivity contribution in [2.45, 2.75) is 38.0 Å². The Morgan fingerprint density at radius 1 is 1.52 bits per heavy atom. The van der Waals surface area contributed by atoms with Gasteiger partial charge in [0.2, 0.25) is 0 Å². The molecule has 3 unspecified atom stereocenters. The fourth-order valence-corrected chi connectivity index (χ4v) is 3.19. The molecule has 1 aromatic heterocycles. The monoisotopic (exact) mass is 332 g/mol. The van der Waals surface area contributed by atoms with E-state index in [1.165, 1.54) is 11.3 Å². The van der Waals surface area contributed by atoms with Gasteiger partial charge >= 0.3 is 12.0 Å². The third kappa shape index (κ3) is 4.59. The molecule has 1 aliphatic heterocycles. The lowest BCUT2D eigenvalue weighted by atomic mass is 10.2. The number of ether oxygens (including phenoxy) is 1. The molecular weight excluding hydrogens is 316 g/mol. The van der Waals surface area contributed by atoms with Gasteiger partial charge in [-0.05, 0) is 31.9 Å². The van der Waals surface area contributed by atoms with Crippen LogP contribution in [0.4, 0.5) is 4.79 Å². The van der Waals surface area contributed by atoms with Crippen molar-refractivity contribution in [3.8, 4) is 0 Å². The zero-order valence-electron chi connectivity index (χ0n) is 11.5. The highest BCUT2D eigenvalue weighted by Crippen LogP contribution is 2.26. The summed E-state index contributed by atoms with van der Waals surface area (Å²) in [6.45, 7) is 2.17. The van der Waals surface area contributed by atoms with Crippen LogP contribution in [0.1, 0.15) is 30.7 Å². The van der Waals surface area contributed by atoms with Crippen LogP contribution in [0.15, 0.2) is 12.1 Å². The Balaban J connectivity index is 1.72. The molecule has 6 nitrogen and oxygen atoms in total. The Morgan fingerprint density at radius 3 is 2.86 bits per heavy atom. The normalized spacial score (nSPS) is 22.8. The van der Waals surface area contributed by atoms with E-state index >= 15 is 0 Å². The molecule has 0 radical (unpaired) electrons. The quantitative estimate of drug-likeness (QED) is 0.772. The number of carbonyl (C=O) groups excluding carboxylic acids is 1. The lowest BCUT2D eigenvalue weighted by Crippen LogP contribution is -2.40. The Labute approximate surface area is 131 Å². The van der Waals surface area contributed by atoms with Gasteiger partial charge in [-0.15, -0.1) is 11.3 Å². The molecule has 3 atom stereocenters. The maximum absolute atomic E-state index is 11.8. The van der Waals surface area contributed by atoms with Crippen molar-refractivity contribution in [1.29, 1.82) is 0 Å². The summed E-state index contributed by atoms with van der Waals surface area (Å²) >= 11 is 7.27. The largest absolute Gasteiger partial charge is 0.479 e. The van der Waals surface area contributed by atoms with Gasteiger partial charge in [0, 0.05) is 11.4 Å². The summed E-state index contributed by atoms with van der Waals surface area (Å²) in [5.74, 6) is -0.954. The van der Waals surface area contributed by atoms with Crippen molar-refractivity contribution in [3.63, 3.8) is 0 Å². The predicted molar refractivity (Wildman–Crippen MR) is 79.8 cm³/mol. The second-order valence-corrected chi connectivity index (χ2v) is 6.63. The highest BCUT2D eigenvalue weighted by atomic mass is 35.5. The van der Waals surface area contributed by atoms with Gasteiger partial charge in [0.05, 0.1) is 16.5 Å². The predicted octanol–water partition coefficient (Wildman–Crippen LogP) is 2.39. The zero-order chi connectivity index (χ0) is 15.4. The SMILES string of the molecule is CC(NC(=O)NCC1CCC(C(=O)O)O1)c1ccc(Cl)s1. The van der Waals surface area contributed by atoms with Crippen molar-refractivity contribution in [1.82, 2.24) is 10.6 Å². The van der Waals surface area contributed by atoms with Gasteiger partial charge in [-0.2, -0.15) is 0 Å². The summed E-state index contributed by atoms with van der Waals surface area (Å²) in [6, 6.07) is 3.21. The van der Waals surface area contributed by atoms with Gasteiger partial charge in [0.25, 0.3) is 0 Å². The molecule has 0 saturated carbocycles. The van der Waals surface area contributed by atoms with Crippen LogP contribution in [0.2, 0.25) is 4.34 Å². The van der Waals surface area contributed by atoms with Crippen LogP contribution in [-0.2, 0) is 9.53 Å². The smallest absolute Gasteiger partial charge is 0.332 e. The van der Waals surface area contributed by atoms with Gasteiger partial charge in [0.1, 0.15) is 0 Å². The van der Waals surface area contributed by atoms with E-state index in [1.807, 2.05) is 13.0 Å². The number of amides is 2. The van der Waals surface area contributed by atoms with Crippen LogP contribution < -0.4 is 10.6 Å². The van der Waals surface area contributed by atoms with Gasteiger partial charge in [0.15, 0.2) is 6.10 Å². The first-order valence-electron chi connectivity index (χ1n) is 6.63. The fourth-order valence-electron chi connectivity index (χ4n) is 2.12. The number of aliphatic carboxylic acids is 1. The first-order valence-corrected chi connectivity index (χ1v) is 7.83. The maximum Gasteiger partial charge on any atom is 0.332 e. The third-order valence-corrected chi connectivity index (χ3v) is 4.66. The van der Waals surface area contributed by atoms with Crippen LogP contribution in [0, 0.1) is 0 Å². The summed E-state index contributed by atoms with van der Waals surface area (Å²) in [6.07, 6.45) is 0.108. The van der Waals surface area contributed by atoms with Crippen LogP contribution in [0.5, 0.6) is 0 Å². The standard InChI is InChI=1S/C13H17ClN2O4S/c1-7(10-4-5-11(14)21-10)16-13(19)15-6-8-2-3-9(20-8)12(17)18/h4-5,7-9H,2-3,6H2,1H3,(H,17,18)(H2,15,16,19). The summed E-state index contributed by atoms with van der Waals surface area (Å²) in [5, 5.41) is 14.3. The van der Waals surface area contributed by atoms with Crippen molar-refractivity contribution in [2.24, 2.45) is 0 Å². The molecule has 1 aliphatic rings. The van der Waals surface area contributed by atoms with E-state index in [9.17, 15) is 9.59 Å². The first-order chi connectivity index (χ1) is 9.95. The number of carboxylic acids is 1. The molecule has 1 aromatic rings.